The van der Waals surface area contributed by atoms with Crippen molar-refractivity contribution < 1.29 is 20.1 Å². The number of benzene rings is 1. The van der Waals surface area contributed by atoms with E-state index in [2.05, 4.69) is 0 Å². The van der Waals surface area contributed by atoms with Gasteiger partial charge in [-0.1, -0.05) is 34.8 Å². The average molecular weight is 398 g/mol. The molecule has 2 rings (SSSR count). The monoisotopic (exact) mass is 396 g/mol. The van der Waals surface area contributed by atoms with E-state index in [1.54, 1.807) is 0 Å². The molecule has 1 aromatic carbocycles. The number of aromatic hydroxyl groups is 1. The molecule has 0 saturated carbocycles. The van der Waals surface area contributed by atoms with Crippen LogP contribution in [0.25, 0.3) is 0 Å². The van der Waals surface area contributed by atoms with Gasteiger partial charge in [0.2, 0.25) is 0 Å². The van der Waals surface area contributed by atoms with Crippen LogP contribution in [0.3, 0.4) is 0 Å². The quantitative estimate of drug-likeness (QED) is 0.581. The highest BCUT2D eigenvalue weighted by Crippen LogP contribution is 2.43. The Kier molecular flexibility index (Phi) is 6.59. The van der Waals surface area contributed by atoms with Gasteiger partial charge in [0.05, 0.1) is 21.7 Å². The van der Waals surface area contributed by atoms with E-state index in [4.69, 9.17) is 45.6 Å². The summed E-state index contributed by atoms with van der Waals surface area (Å²) < 4.78 is 0. The van der Waals surface area contributed by atoms with Crippen LogP contribution in [0.4, 0.5) is 0 Å². The summed E-state index contributed by atoms with van der Waals surface area (Å²) in [7, 11) is 0. The molecule has 1 aromatic rings. The molecule has 24 heavy (non-hydrogen) atoms. The van der Waals surface area contributed by atoms with Gasteiger partial charge in [-0.05, 0) is 18.8 Å². The van der Waals surface area contributed by atoms with Crippen LogP contribution >= 0.6 is 34.8 Å². The smallest absolute Gasteiger partial charge is 0.253 e. The number of hydrogen-bond acceptors (Lipinski definition) is 5. The molecule has 9 heteroatoms. The van der Waals surface area contributed by atoms with Crippen molar-refractivity contribution in [1.82, 2.24) is 4.90 Å². The second kappa shape index (κ2) is 8.08. The molecular formula is C15H19Cl3N2O4. The number of likely N-dealkylation sites (tertiary alicyclic amines) is 1. The van der Waals surface area contributed by atoms with E-state index in [1.165, 1.54) is 11.0 Å². The number of aliphatic hydroxyl groups is 2. The van der Waals surface area contributed by atoms with E-state index in [0.717, 1.165) is 0 Å². The van der Waals surface area contributed by atoms with E-state index in [9.17, 15) is 15.0 Å². The Balaban J connectivity index is 2.10. The Morgan fingerprint density at radius 1 is 1.29 bits per heavy atom. The third-order valence-electron chi connectivity index (χ3n) is 4.33. The van der Waals surface area contributed by atoms with E-state index < -0.39 is 24.7 Å². The number of nitrogens with two attached hydrogens (primary N) is 1. The molecule has 1 amide bonds. The lowest BCUT2D eigenvalue weighted by Crippen LogP contribution is -2.46. The van der Waals surface area contributed by atoms with Gasteiger partial charge in [0.25, 0.3) is 5.91 Å². The molecule has 1 heterocycles. The van der Waals surface area contributed by atoms with Gasteiger partial charge in [0, 0.05) is 30.8 Å². The third-order valence-corrected chi connectivity index (χ3v) is 5.61. The van der Waals surface area contributed by atoms with Crippen LogP contribution in [0, 0.1) is 5.92 Å². The zero-order chi connectivity index (χ0) is 18.0. The number of phenols is 1. The normalized spacial score (nSPS) is 18.5. The molecule has 0 bridgehead atoms. The number of piperidine rings is 1. The van der Waals surface area contributed by atoms with Gasteiger partial charge in [0.1, 0.15) is 5.75 Å². The zero-order valence-electron chi connectivity index (χ0n) is 12.8. The summed E-state index contributed by atoms with van der Waals surface area (Å²) in [5.74, 6) is -0.642. The molecule has 134 valence electrons. The van der Waals surface area contributed by atoms with Gasteiger partial charge < -0.3 is 26.0 Å². The molecule has 0 spiro atoms. The first kappa shape index (κ1) is 19.6. The SMILES string of the molecule is N[C@@H](c1c(O)cc(Cl)c(Cl)c1Cl)C1CCN(C(=O)[C@H](O)CO)CC1. The van der Waals surface area contributed by atoms with Crippen molar-refractivity contribution in [3.63, 3.8) is 0 Å². The van der Waals surface area contributed by atoms with E-state index in [0.29, 0.717) is 31.5 Å². The number of rotatable bonds is 4. The van der Waals surface area contributed by atoms with Crippen LogP contribution in [0.1, 0.15) is 24.4 Å². The molecule has 0 radical (unpaired) electrons. The molecule has 5 N–H and O–H groups in total. The van der Waals surface area contributed by atoms with Crippen molar-refractivity contribution in [2.45, 2.75) is 25.0 Å². The van der Waals surface area contributed by atoms with Crippen molar-refractivity contribution in [3.8, 4) is 5.75 Å². The Bertz CT molecular complexity index is 621. The maximum atomic E-state index is 11.9. The van der Waals surface area contributed by atoms with Gasteiger partial charge in [-0.3, -0.25) is 4.79 Å². The predicted molar refractivity (Wildman–Crippen MR) is 92.5 cm³/mol. The van der Waals surface area contributed by atoms with Gasteiger partial charge >= 0.3 is 0 Å². The number of hydrogen-bond donors (Lipinski definition) is 4. The van der Waals surface area contributed by atoms with E-state index in [-0.39, 0.29) is 26.7 Å². The number of phenolic OH excluding ortho intramolecular Hbond substituents is 1. The average Bonchev–Trinajstić information content (AvgIpc) is 2.58. The molecule has 0 unspecified atom stereocenters. The molecule has 1 saturated heterocycles. The number of amides is 1. The van der Waals surface area contributed by atoms with Crippen LogP contribution in [-0.4, -0.2) is 51.9 Å². The summed E-state index contributed by atoms with van der Waals surface area (Å²) in [4.78, 5) is 13.3. The second-order valence-electron chi connectivity index (χ2n) is 5.81. The minimum Gasteiger partial charge on any atom is -0.507 e. The fraction of sp³-hybridized carbons (Fsp3) is 0.533. The van der Waals surface area contributed by atoms with Crippen LogP contribution in [0.2, 0.25) is 15.1 Å². The van der Waals surface area contributed by atoms with Gasteiger partial charge in [-0.25, -0.2) is 0 Å². The maximum absolute atomic E-state index is 11.9. The summed E-state index contributed by atoms with van der Waals surface area (Å²) in [5.41, 5.74) is 6.60. The maximum Gasteiger partial charge on any atom is 0.253 e. The van der Waals surface area contributed by atoms with Crippen LogP contribution in [-0.2, 0) is 4.79 Å². The zero-order valence-corrected chi connectivity index (χ0v) is 15.0. The molecule has 1 aliphatic heterocycles. The topological polar surface area (TPSA) is 107 Å². The lowest BCUT2D eigenvalue weighted by atomic mass is 9.85. The molecule has 0 aliphatic carbocycles. The highest BCUT2D eigenvalue weighted by atomic mass is 35.5. The van der Waals surface area contributed by atoms with Crippen molar-refractivity contribution in [3.05, 3.63) is 26.7 Å². The fourth-order valence-corrected chi connectivity index (χ4v) is 3.64. The molecular weight excluding hydrogens is 379 g/mol. The number of nitrogens with zero attached hydrogens (tertiary/aromatic N) is 1. The molecule has 2 atom stereocenters. The molecule has 0 aromatic heterocycles. The standard InChI is InChI=1S/C15H19Cl3N2O4/c16-8-5-9(22)11(13(18)12(8)17)14(19)7-1-3-20(4-2-7)15(24)10(23)6-21/h5,7,10,14,21-23H,1-4,6,19H2/t10-,14-/m1/s1. The Morgan fingerprint density at radius 3 is 2.42 bits per heavy atom. The first-order chi connectivity index (χ1) is 11.3. The second-order valence-corrected chi connectivity index (χ2v) is 6.97. The summed E-state index contributed by atoms with van der Waals surface area (Å²) >= 11 is 18.1. The first-order valence-corrected chi connectivity index (χ1v) is 8.61. The van der Waals surface area contributed by atoms with Crippen molar-refractivity contribution in [1.29, 1.82) is 0 Å². The van der Waals surface area contributed by atoms with Gasteiger partial charge in [-0.2, -0.15) is 0 Å². The van der Waals surface area contributed by atoms with Crippen LogP contribution < -0.4 is 5.73 Å². The summed E-state index contributed by atoms with van der Waals surface area (Å²) in [6.07, 6.45) is -0.258. The minimum atomic E-state index is -1.40. The highest BCUT2D eigenvalue weighted by Gasteiger charge is 2.32. The van der Waals surface area contributed by atoms with Crippen LogP contribution in [0.15, 0.2) is 6.07 Å². The molecule has 6 nitrogen and oxygen atoms in total. The highest BCUT2D eigenvalue weighted by molar-refractivity contribution is 6.48. The van der Waals surface area contributed by atoms with Crippen molar-refractivity contribution >= 4 is 40.7 Å². The lowest BCUT2D eigenvalue weighted by molar-refractivity contribution is -0.143. The summed E-state index contributed by atoms with van der Waals surface area (Å²) in [6, 6.07) is 0.744. The van der Waals surface area contributed by atoms with Crippen molar-refractivity contribution in [2.24, 2.45) is 11.7 Å². The minimum absolute atomic E-state index is 0.0269. The Hall–Kier alpha value is -0.760. The Morgan fingerprint density at radius 2 is 1.88 bits per heavy atom. The van der Waals surface area contributed by atoms with Crippen molar-refractivity contribution in [2.75, 3.05) is 19.7 Å². The molecule has 1 aliphatic rings. The third kappa shape index (κ3) is 3.90. The van der Waals surface area contributed by atoms with Gasteiger partial charge in [0.15, 0.2) is 6.10 Å². The number of carbonyl (C=O) groups is 1. The summed E-state index contributed by atoms with van der Waals surface area (Å²) in [6.45, 7) is 0.187. The fourth-order valence-electron chi connectivity index (χ4n) is 2.92. The van der Waals surface area contributed by atoms with E-state index >= 15 is 0 Å². The number of carbonyl (C=O) groups excluding carboxylic acids is 1. The first-order valence-electron chi connectivity index (χ1n) is 7.47. The lowest BCUT2D eigenvalue weighted by Gasteiger charge is -2.36. The molecule has 1 fully saturated rings. The van der Waals surface area contributed by atoms with Crippen LogP contribution in [0.5, 0.6) is 5.75 Å². The Labute approximate surface area is 154 Å². The number of halogens is 3. The number of aliphatic hydroxyl groups excluding tert-OH is 2. The largest absolute Gasteiger partial charge is 0.507 e. The van der Waals surface area contributed by atoms with Gasteiger partial charge in [-0.15, -0.1) is 0 Å². The summed E-state index contributed by atoms with van der Waals surface area (Å²) in [5, 5.41) is 28.8. The predicted octanol–water partition coefficient (Wildman–Crippen LogP) is 1.94. The van der Waals surface area contributed by atoms with E-state index in [1.807, 2.05) is 0 Å².